The molecule has 0 saturated heterocycles. The molecule has 1 aromatic carbocycles. The minimum absolute atomic E-state index is 0.221. The molecule has 3 nitrogen and oxygen atoms in total. The summed E-state index contributed by atoms with van der Waals surface area (Å²) in [7, 11) is 0. The molecule has 0 aliphatic heterocycles. The first-order valence-corrected chi connectivity index (χ1v) is 4.82. The van der Waals surface area contributed by atoms with E-state index in [2.05, 4.69) is 5.32 Å². The highest BCUT2D eigenvalue weighted by Crippen LogP contribution is 2.08. The van der Waals surface area contributed by atoms with Gasteiger partial charge in [-0.2, -0.15) is 0 Å². The molecule has 1 amide bonds. The van der Waals surface area contributed by atoms with E-state index in [-0.39, 0.29) is 6.61 Å². The molecule has 0 saturated carbocycles. The predicted octanol–water partition coefficient (Wildman–Crippen LogP) is 2.78. The number of alkyl halides is 1. The highest BCUT2D eigenvalue weighted by molar-refractivity contribution is 6.18. The average molecular weight is 214 g/mol. The van der Waals surface area contributed by atoms with Crippen molar-refractivity contribution in [2.75, 3.05) is 17.8 Å². The first-order valence-electron chi connectivity index (χ1n) is 4.29. The Morgan fingerprint density at radius 3 is 2.64 bits per heavy atom. The largest absolute Gasteiger partial charge is 0.448 e. The second kappa shape index (κ2) is 5.50. The second-order valence-corrected chi connectivity index (χ2v) is 3.19. The standard InChI is InChI=1S/C10H12ClNO2/c1-8-2-4-9(5-3-8)12-10(13)14-7-6-11/h2-5H,6-7H2,1H3,(H,12,13). The Hall–Kier alpha value is -1.22. The summed E-state index contributed by atoms with van der Waals surface area (Å²) in [4.78, 5) is 11.1. The molecule has 0 radical (unpaired) electrons. The third-order valence-electron chi connectivity index (χ3n) is 1.61. The van der Waals surface area contributed by atoms with Crippen molar-refractivity contribution in [1.29, 1.82) is 0 Å². The number of nitrogens with one attached hydrogen (secondary N) is 1. The van der Waals surface area contributed by atoms with Crippen LogP contribution in [-0.4, -0.2) is 18.6 Å². The van der Waals surface area contributed by atoms with E-state index in [1.54, 1.807) is 0 Å². The molecule has 0 aliphatic rings. The lowest BCUT2D eigenvalue weighted by atomic mass is 10.2. The van der Waals surface area contributed by atoms with E-state index in [0.29, 0.717) is 5.88 Å². The van der Waals surface area contributed by atoms with Gasteiger partial charge in [-0.1, -0.05) is 17.7 Å². The van der Waals surface area contributed by atoms with E-state index in [9.17, 15) is 4.79 Å². The number of halogens is 1. The number of ether oxygens (including phenoxy) is 1. The lowest BCUT2D eigenvalue weighted by molar-refractivity contribution is 0.168. The molecule has 0 bridgehead atoms. The maximum Gasteiger partial charge on any atom is 0.411 e. The second-order valence-electron chi connectivity index (χ2n) is 2.82. The fourth-order valence-corrected chi connectivity index (χ4v) is 0.999. The minimum Gasteiger partial charge on any atom is -0.448 e. The number of hydrogen-bond acceptors (Lipinski definition) is 2. The maximum atomic E-state index is 11.1. The Labute approximate surface area is 88.0 Å². The van der Waals surface area contributed by atoms with Gasteiger partial charge in [0.2, 0.25) is 0 Å². The van der Waals surface area contributed by atoms with Crippen LogP contribution in [0.25, 0.3) is 0 Å². The topological polar surface area (TPSA) is 38.3 Å². The van der Waals surface area contributed by atoms with Crippen LogP contribution in [0.15, 0.2) is 24.3 Å². The first kappa shape index (κ1) is 10.9. The molecule has 4 heteroatoms. The number of anilines is 1. The van der Waals surface area contributed by atoms with Gasteiger partial charge in [-0.3, -0.25) is 5.32 Å². The van der Waals surface area contributed by atoms with Gasteiger partial charge in [0.05, 0.1) is 5.88 Å². The van der Waals surface area contributed by atoms with E-state index in [1.165, 1.54) is 0 Å². The molecular weight excluding hydrogens is 202 g/mol. The lowest BCUT2D eigenvalue weighted by Crippen LogP contribution is -2.14. The van der Waals surface area contributed by atoms with E-state index in [0.717, 1.165) is 11.3 Å². The molecular formula is C10H12ClNO2. The van der Waals surface area contributed by atoms with Crippen molar-refractivity contribution in [3.63, 3.8) is 0 Å². The zero-order chi connectivity index (χ0) is 10.4. The highest BCUT2D eigenvalue weighted by Gasteiger charge is 2.01. The first-order chi connectivity index (χ1) is 6.72. The van der Waals surface area contributed by atoms with Crippen molar-refractivity contribution in [1.82, 2.24) is 0 Å². The van der Waals surface area contributed by atoms with Gasteiger partial charge < -0.3 is 4.74 Å². The molecule has 0 aliphatic carbocycles. The van der Waals surface area contributed by atoms with Crippen LogP contribution in [0, 0.1) is 6.92 Å². The third kappa shape index (κ3) is 3.66. The highest BCUT2D eigenvalue weighted by atomic mass is 35.5. The summed E-state index contributed by atoms with van der Waals surface area (Å²) in [5.74, 6) is 0.307. The molecule has 1 rings (SSSR count). The molecule has 0 atom stereocenters. The van der Waals surface area contributed by atoms with Gasteiger partial charge in [0.25, 0.3) is 0 Å². The summed E-state index contributed by atoms with van der Waals surface area (Å²) in [6.45, 7) is 2.20. The molecule has 1 aromatic rings. The summed E-state index contributed by atoms with van der Waals surface area (Å²) in [5.41, 5.74) is 1.86. The summed E-state index contributed by atoms with van der Waals surface area (Å²) >= 11 is 5.36. The fourth-order valence-electron chi connectivity index (χ4n) is 0.922. The Morgan fingerprint density at radius 1 is 1.43 bits per heavy atom. The van der Waals surface area contributed by atoms with Crippen LogP contribution in [-0.2, 0) is 4.74 Å². The van der Waals surface area contributed by atoms with E-state index < -0.39 is 6.09 Å². The van der Waals surface area contributed by atoms with Crippen molar-refractivity contribution in [3.05, 3.63) is 29.8 Å². The van der Waals surface area contributed by atoms with Crippen LogP contribution in [0.5, 0.6) is 0 Å². The number of carbonyl (C=O) groups excluding carboxylic acids is 1. The lowest BCUT2D eigenvalue weighted by Gasteiger charge is -2.05. The number of aryl methyl sites for hydroxylation is 1. The zero-order valence-electron chi connectivity index (χ0n) is 7.92. The van der Waals surface area contributed by atoms with Crippen LogP contribution in [0.4, 0.5) is 10.5 Å². The van der Waals surface area contributed by atoms with Crippen molar-refractivity contribution in [2.45, 2.75) is 6.92 Å². The predicted molar refractivity (Wildman–Crippen MR) is 56.9 cm³/mol. The summed E-state index contributed by atoms with van der Waals surface area (Å²) < 4.78 is 4.74. The number of hydrogen-bond donors (Lipinski definition) is 1. The summed E-state index contributed by atoms with van der Waals surface area (Å²) in [6, 6.07) is 7.46. The molecule has 14 heavy (non-hydrogen) atoms. The number of amides is 1. The van der Waals surface area contributed by atoms with Gasteiger partial charge in [0.15, 0.2) is 0 Å². The SMILES string of the molecule is Cc1ccc(NC(=O)OCCCl)cc1. The number of rotatable bonds is 3. The Kier molecular flexibility index (Phi) is 4.26. The van der Waals surface area contributed by atoms with Gasteiger partial charge in [0.1, 0.15) is 6.61 Å². The number of benzene rings is 1. The van der Waals surface area contributed by atoms with Gasteiger partial charge in [0, 0.05) is 5.69 Å². The van der Waals surface area contributed by atoms with Crippen LogP contribution < -0.4 is 5.32 Å². The molecule has 1 N–H and O–H groups in total. The van der Waals surface area contributed by atoms with Gasteiger partial charge >= 0.3 is 6.09 Å². The third-order valence-corrected chi connectivity index (χ3v) is 1.76. The fraction of sp³-hybridized carbons (Fsp3) is 0.300. The quantitative estimate of drug-likeness (QED) is 0.785. The molecule has 0 aromatic heterocycles. The smallest absolute Gasteiger partial charge is 0.411 e. The van der Waals surface area contributed by atoms with E-state index >= 15 is 0 Å². The van der Waals surface area contributed by atoms with Gasteiger partial charge in [-0.05, 0) is 19.1 Å². The summed E-state index contributed by atoms with van der Waals surface area (Å²) in [6.07, 6.45) is -0.477. The minimum atomic E-state index is -0.477. The van der Waals surface area contributed by atoms with Gasteiger partial charge in [-0.15, -0.1) is 11.6 Å². The van der Waals surface area contributed by atoms with Crippen LogP contribution in [0.1, 0.15) is 5.56 Å². The molecule has 0 spiro atoms. The van der Waals surface area contributed by atoms with Crippen LogP contribution in [0.2, 0.25) is 0 Å². The maximum absolute atomic E-state index is 11.1. The van der Waals surface area contributed by atoms with Crippen LogP contribution in [0.3, 0.4) is 0 Å². The molecule has 0 unspecified atom stereocenters. The van der Waals surface area contributed by atoms with Crippen molar-refractivity contribution in [2.24, 2.45) is 0 Å². The normalized spacial score (nSPS) is 9.57. The number of carbonyl (C=O) groups is 1. The Morgan fingerprint density at radius 2 is 2.07 bits per heavy atom. The zero-order valence-corrected chi connectivity index (χ0v) is 8.67. The van der Waals surface area contributed by atoms with Crippen LogP contribution >= 0.6 is 11.6 Å². The Bertz CT molecular complexity index is 297. The van der Waals surface area contributed by atoms with E-state index in [1.807, 2.05) is 31.2 Å². The molecule has 0 heterocycles. The molecule has 0 fully saturated rings. The van der Waals surface area contributed by atoms with Gasteiger partial charge in [-0.25, -0.2) is 4.79 Å². The van der Waals surface area contributed by atoms with Crippen molar-refractivity contribution < 1.29 is 9.53 Å². The van der Waals surface area contributed by atoms with E-state index in [4.69, 9.17) is 16.3 Å². The van der Waals surface area contributed by atoms with Crippen molar-refractivity contribution in [3.8, 4) is 0 Å². The Balaban J connectivity index is 2.44. The monoisotopic (exact) mass is 213 g/mol. The van der Waals surface area contributed by atoms with Crippen molar-refractivity contribution >= 4 is 23.4 Å². The molecule has 76 valence electrons. The average Bonchev–Trinajstić information content (AvgIpc) is 2.18. The summed E-state index contributed by atoms with van der Waals surface area (Å²) in [5, 5.41) is 2.58.